The molecule has 1 aromatic rings. The van der Waals surface area contributed by atoms with E-state index in [1.165, 1.54) is 0 Å². The van der Waals surface area contributed by atoms with Crippen LogP contribution in [0.5, 0.6) is 0 Å². The van der Waals surface area contributed by atoms with Gasteiger partial charge >= 0.3 is 0 Å². The fraction of sp³-hybridized carbons (Fsp3) is 0.615. The number of nitrogens with one attached hydrogen (secondary N) is 1. The number of nitrogens with zero attached hydrogens (tertiary/aromatic N) is 3. The minimum atomic E-state index is -0.150. The summed E-state index contributed by atoms with van der Waals surface area (Å²) in [6.45, 7) is 7.73. The molecule has 1 aromatic heterocycles. The van der Waals surface area contributed by atoms with E-state index in [1.807, 2.05) is 20.8 Å². The summed E-state index contributed by atoms with van der Waals surface area (Å²) in [5.74, 6) is 0.521. The minimum absolute atomic E-state index is 0.150. The predicted molar refractivity (Wildman–Crippen MR) is 74.2 cm³/mol. The van der Waals surface area contributed by atoms with Crippen molar-refractivity contribution in [3.05, 3.63) is 17.8 Å². The molecule has 19 heavy (non-hydrogen) atoms. The van der Waals surface area contributed by atoms with Crippen LogP contribution in [0.1, 0.15) is 31.3 Å². The highest BCUT2D eigenvalue weighted by atomic mass is 16.5. The molecule has 1 heterocycles. The summed E-state index contributed by atoms with van der Waals surface area (Å²) in [7, 11) is 1.73. The van der Waals surface area contributed by atoms with Gasteiger partial charge in [-0.2, -0.15) is 0 Å². The molecular weight excluding hydrogens is 244 g/mol. The molecule has 6 heteroatoms. The summed E-state index contributed by atoms with van der Waals surface area (Å²) in [4.78, 5) is 13.6. The van der Waals surface area contributed by atoms with Crippen molar-refractivity contribution in [2.75, 3.05) is 32.1 Å². The Morgan fingerprint density at radius 2 is 2.16 bits per heavy atom. The lowest BCUT2D eigenvalue weighted by Gasteiger charge is -2.17. The van der Waals surface area contributed by atoms with E-state index in [0.717, 1.165) is 6.54 Å². The lowest BCUT2D eigenvalue weighted by atomic mass is 10.3. The van der Waals surface area contributed by atoms with Crippen LogP contribution in [0, 0.1) is 0 Å². The molecule has 0 aliphatic rings. The molecule has 1 rings (SSSR count). The van der Waals surface area contributed by atoms with Gasteiger partial charge in [0.25, 0.3) is 5.91 Å². The molecule has 0 unspecified atom stereocenters. The smallest absolute Gasteiger partial charge is 0.274 e. The van der Waals surface area contributed by atoms with Crippen molar-refractivity contribution in [2.45, 2.75) is 26.9 Å². The largest absolute Gasteiger partial charge is 0.377 e. The van der Waals surface area contributed by atoms with Gasteiger partial charge in [0, 0.05) is 20.1 Å². The van der Waals surface area contributed by atoms with Crippen molar-refractivity contribution >= 4 is 11.7 Å². The van der Waals surface area contributed by atoms with E-state index in [4.69, 9.17) is 4.74 Å². The van der Waals surface area contributed by atoms with Crippen molar-refractivity contribution in [2.24, 2.45) is 0 Å². The van der Waals surface area contributed by atoms with Gasteiger partial charge in [0.2, 0.25) is 0 Å². The van der Waals surface area contributed by atoms with E-state index >= 15 is 0 Å². The van der Waals surface area contributed by atoms with Gasteiger partial charge in [-0.1, -0.05) is 0 Å². The summed E-state index contributed by atoms with van der Waals surface area (Å²) in [5.41, 5.74) is 0.341. The summed E-state index contributed by atoms with van der Waals surface area (Å²) in [6, 6.07) is 3.43. The molecule has 0 radical (unpaired) electrons. The van der Waals surface area contributed by atoms with Crippen LogP contribution in [0.25, 0.3) is 0 Å². The van der Waals surface area contributed by atoms with Gasteiger partial charge in [-0.3, -0.25) is 4.79 Å². The Morgan fingerprint density at radius 1 is 1.42 bits per heavy atom. The van der Waals surface area contributed by atoms with Gasteiger partial charge in [-0.15, -0.1) is 10.2 Å². The molecule has 0 spiro atoms. The van der Waals surface area contributed by atoms with E-state index in [-0.39, 0.29) is 12.0 Å². The number of ether oxygens (including phenoxy) is 1. The Balaban J connectivity index is 2.51. The van der Waals surface area contributed by atoms with E-state index in [0.29, 0.717) is 24.7 Å². The number of likely N-dealkylation sites (N-methyl/N-ethyl adjacent to an activating group) is 1. The molecular formula is C13H22N4O2. The molecule has 1 amide bonds. The Morgan fingerprint density at radius 3 is 2.68 bits per heavy atom. The van der Waals surface area contributed by atoms with Gasteiger partial charge in [-0.05, 0) is 32.9 Å². The zero-order chi connectivity index (χ0) is 14.3. The number of rotatable bonds is 7. The Labute approximate surface area is 114 Å². The Kier molecular flexibility index (Phi) is 6.21. The third kappa shape index (κ3) is 5.21. The first-order chi connectivity index (χ1) is 9.04. The predicted octanol–water partition coefficient (Wildman–Crippen LogP) is 1.41. The van der Waals surface area contributed by atoms with Crippen LogP contribution in [-0.2, 0) is 4.74 Å². The van der Waals surface area contributed by atoms with Gasteiger partial charge < -0.3 is 15.0 Å². The maximum Gasteiger partial charge on any atom is 0.274 e. The van der Waals surface area contributed by atoms with Crippen molar-refractivity contribution in [1.82, 2.24) is 15.1 Å². The SMILES string of the molecule is CCNc1ccc(C(=O)N(C)CCOC(C)C)nn1. The number of carbonyl (C=O) groups is 1. The highest BCUT2D eigenvalue weighted by Crippen LogP contribution is 2.04. The van der Waals surface area contributed by atoms with Crippen LogP contribution >= 0.6 is 0 Å². The number of anilines is 1. The molecule has 0 saturated carbocycles. The topological polar surface area (TPSA) is 67.4 Å². The van der Waals surface area contributed by atoms with Crippen molar-refractivity contribution in [3.8, 4) is 0 Å². The second kappa shape index (κ2) is 7.68. The number of amides is 1. The highest BCUT2D eigenvalue weighted by Gasteiger charge is 2.13. The highest BCUT2D eigenvalue weighted by molar-refractivity contribution is 5.92. The molecule has 0 fully saturated rings. The molecule has 0 bridgehead atoms. The lowest BCUT2D eigenvalue weighted by Crippen LogP contribution is -2.31. The van der Waals surface area contributed by atoms with Crippen molar-refractivity contribution < 1.29 is 9.53 Å². The first-order valence-electron chi connectivity index (χ1n) is 6.49. The van der Waals surface area contributed by atoms with E-state index in [9.17, 15) is 4.79 Å². The normalized spacial score (nSPS) is 10.6. The minimum Gasteiger partial charge on any atom is -0.377 e. The number of aromatic nitrogens is 2. The quantitative estimate of drug-likeness (QED) is 0.808. The maximum absolute atomic E-state index is 12.0. The third-order valence-electron chi connectivity index (χ3n) is 2.47. The number of carbonyl (C=O) groups excluding carboxylic acids is 1. The van der Waals surface area contributed by atoms with Crippen LogP contribution in [-0.4, -0.2) is 53.9 Å². The molecule has 0 atom stereocenters. The molecule has 1 N–H and O–H groups in total. The average molecular weight is 266 g/mol. The zero-order valence-corrected chi connectivity index (χ0v) is 12.0. The van der Waals surface area contributed by atoms with Gasteiger partial charge in [0.05, 0.1) is 12.7 Å². The van der Waals surface area contributed by atoms with Gasteiger partial charge in [-0.25, -0.2) is 0 Å². The maximum atomic E-state index is 12.0. The summed E-state index contributed by atoms with van der Waals surface area (Å²) >= 11 is 0. The average Bonchev–Trinajstić information content (AvgIpc) is 2.38. The molecule has 0 saturated heterocycles. The first-order valence-corrected chi connectivity index (χ1v) is 6.49. The second-order valence-corrected chi connectivity index (χ2v) is 4.48. The van der Waals surface area contributed by atoms with Gasteiger partial charge in [0.15, 0.2) is 5.69 Å². The summed E-state index contributed by atoms with van der Waals surface area (Å²) in [6.07, 6.45) is 0.169. The van der Waals surface area contributed by atoms with E-state index in [1.54, 1.807) is 24.1 Å². The fourth-order valence-corrected chi connectivity index (χ4v) is 1.44. The van der Waals surface area contributed by atoms with Gasteiger partial charge in [0.1, 0.15) is 5.82 Å². The molecule has 0 aromatic carbocycles. The van der Waals surface area contributed by atoms with Crippen LogP contribution in [0.15, 0.2) is 12.1 Å². The molecule has 6 nitrogen and oxygen atoms in total. The molecule has 0 aliphatic heterocycles. The Hall–Kier alpha value is -1.69. The summed E-state index contributed by atoms with van der Waals surface area (Å²) in [5, 5.41) is 10.9. The monoisotopic (exact) mass is 266 g/mol. The zero-order valence-electron chi connectivity index (χ0n) is 12.0. The first kappa shape index (κ1) is 15.4. The fourth-order valence-electron chi connectivity index (χ4n) is 1.44. The number of hydrogen-bond donors (Lipinski definition) is 1. The van der Waals surface area contributed by atoms with Crippen molar-refractivity contribution in [3.63, 3.8) is 0 Å². The van der Waals surface area contributed by atoms with E-state index < -0.39 is 0 Å². The summed E-state index contributed by atoms with van der Waals surface area (Å²) < 4.78 is 5.41. The van der Waals surface area contributed by atoms with Crippen LogP contribution in [0.2, 0.25) is 0 Å². The third-order valence-corrected chi connectivity index (χ3v) is 2.47. The standard InChI is InChI=1S/C13H22N4O2/c1-5-14-12-7-6-11(15-16-12)13(18)17(4)8-9-19-10(2)3/h6-7,10H,5,8-9H2,1-4H3,(H,14,16). The molecule has 106 valence electrons. The van der Waals surface area contributed by atoms with Crippen LogP contribution in [0.3, 0.4) is 0 Å². The van der Waals surface area contributed by atoms with Crippen LogP contribution in [0.4, 0.5) is 5.82 Å². The van der Waals surface area contributed by atoms with Crippen molar-refractivity contribution in [1.29, 1.82) is 0 Å². The second-order valence-electron chi connectivity index (χ2n) is 4.48. The Bertz CT molecular complexity index is 392. The van der Waals surface area contributed by atoms with E-state index in [2.05, 4.69) is 15.5 Å². The van der Waals surface area contributed by atoms with Crippen LogP contribution < -0.4 is 5.32 Å². The molecule has 0 aliphatic carbocycles. The lowest BCUT2D eigenvalue weighted by molar-refractivity contribution is 0.0528. The number of hydrogen-bond acceptors (Lipinski definition) is 5.